The third-order valence-electron chi connectivity index (χ3n) is 4.14. The Kier molecular flexibility index (Phi) is 2.92. The third-order valence-corrected chi connectivity index (χ3v) is 4.34. The van der Waals surface area contributed by atoms with Crippen molar-refractivity contribution in [1.82, 2.24) is 15.1 Å². The standard InChI is InChI=1S/C12H17ClN4/c1-17-8-2-4-9(10(17)5-3-8)14-12-7-6-11(13)15-16-12/h6-10H,2-5H2,1H3,(H,14,16)/t8-,9-,10-/m0/s1. The summed E-state index contributed by atoms with van der Waals surface area (Å²) in [6, 6.07) is 5.62. The second-order valence-electron chi connectivity index (χ2n) is 5.03. The fourth-order valence-electron chi connectivity index (χ4n) is 3.19. The van der Waals surface area contributed by atoms with Gasteiger partial charge in [0.2, 0.25) is 0 Å². The van der Waals surface area contributed by atoms with Crippen molar-refractivity contribution in [2.45, 2.75) is 43.8 Å². The summed E-state index contributed by atoms with van der Waals surface area (Å²) in [6.07, 6.45) is 5.14. The molecule has 1 aromatic heterocycles. The van der Waals surface area contributed by atoms with E-state index in [1.165, 1.54) is 25.7 Å². The number of hydrogen-bond donors (Lipinski definition) is 1. The largest absolute Gasteiger partial charge is 0.364 e. The Hall–Kier alpha value is -0.870. The molecule has 1 aromatic rings. The zero-order valence-corrected chi connectivity index (χ0v) is 10.7. The maximum Gasteiger partial charge on any atom is 0.151 e. The maximum atomic E-state index is 5.73. The summed E-state index contributed by atoms with van der Waals surface area (Å²) in [5.41, 5.74) is 0. The number of aromatic nitrogens is 2. The zero-order valence-electron chi connectivity index (χ0n) is 9.93. The highest BCUT2D eigenvalue weighted by Gasteiger charge is 2.40. The van der Waals surface area contributed by atoms with Gasteiger partial charge in [-0.2, -0.15) is 0 Å². The van der Waals surface area contributed by atoms with Crippen molar-refractivity contribution in [2.75, 3.05) is 12.4 Å². The Morgan fingerprint density at radius 1 is 1.24 bits per heavy atom. The van der Waals surface area contributed by atoms with E-state index >= 15 is 0 Å². The van der Waals surface area contributed by atoms with Gasteiger partial charge in [-0.15, -0.1) is 10.2 Å². The minimum atomic E-state index is 0.442. The summed E-state index contributed by atoms with van der Waals surface area (Å²) in [6.45, 7) is 0. The van der Waals surface area contributed by atoms with Crippen LogP contribution in [-0.4, -0.2) is 40.3 Å². The predicted octanol–water partition coefficient (Wildman–Crippen LogP) is 2.17. The number of likely N-dealkylation sites (N-methyl/N-ethyl adjacent to an activating group) is 1. The topological polar surface area (TPSA) is 41.0 Å². The Morgan fingerprint density at radius 3 is 2.82 bits per heavy atom. The van der Waals surface area contributed by atoms with Crippen LogP contribution in [0, 0.1) is 0 Å². The summed E-state index contributed by atoms with van der Waals surface area (Å²) < 4.78 is 0. The number of fused-ring (bicyclic) bond motifs is 2. The molecule has 2 aliphatic heterocycles. The van der Waals surface area contributed by atoms with Gasteiger partial charge in [-0.3, -0.25) is 4.90 Å². The van der Waals surface area contributed by atoms with E-state index in [1.807, 2.05) is 6.07 Å². The van der Waals surface area contributed by atoms with E-state index in [0.717, 1.165) is 11.9 Å². The van der Waals surface area contributed by atoms with Crippen LogP contribution in [0.15, 0.2) is 12.1 Å². The van der Waals surface area contributed by atoms with Gasteiger partial charge in [0.1, 0.15) is 5.82 Å². The lowest BCUT2D eigenvalue weighted by atomic mass is 9.98. The highest BCUT2D eigenvalue weighted by molar-refractivity contribution is 6.29. The number of nitrogens with zero attached hydrogens (tertiary/aromatic N) is 3. The first-order chi connectivity index (χ1) is 8.24. The lowest BCUT2D eigenvalue weighted by Gasteiger charge is -2.38. The van der Waals surface area contributed by atoms with Crippen molar-refractivity contribution in [3.05, 3.63) is 17.3 Å². The molecule has 92 valence electrons. The van der Waals surface area contributed by atoms with E-state index in [1.54, 1.807) is 6.07 Å². The molecule has 0 aliphatic carbocycles. The van der Waals surface area contributed by atoms with Crippen molar-refractivity contribution in [1.29, 1.82) is 0 Å². The molecule has 0 radical (unpaired) electrons. The molecule has 3 heterocycles. The molecule has 4 nitrogen and oxygen atoms in total. The van der Waals surface area contributed by atoms with Crippen LogP contribution >= 0.6 is 11.6 Å². The minimum Gasteiger partial charge on any atom is -0.364 e. The number of hydrogen-bond acceptors (Lipinski definition) is 4. The van der Waals surface area contributed by atoms with E-state index in [4.69, 9.17) is 11.6 Å². The highest BCUT2D eigenvalue weighted by Crippen LogP contribution is 2.35. The fourth-order valence-corrected chi connectivity index (χ4v) is 3.29. The van der Waals surface area contributed by atoms with Crippen LogP contribution in [0.4, 0.5) is 5.82 Å². The molecule has 5 heteroatoms. The molecule has 0 spiro atoms. The summed E-state index contributed by atoms with van der Waals surface area (Å²) in [4.78, 5) is 2.52. The molecule has 0 amide bonds. The van der Waals surface area contributed by atoms with Crippen LogP contribution in [0.5, 0.6) is 0 Å². The summed E-state index contributed by atoms with van der Waals surface area (Å²) in [7, 11) is 2.24. The van der Waals surface area contributed by atoms with Gasteiger partial charge in [0.05, 0.1) is 0 Å². The SMILES string of the molecule is CN1[C@H]2CC[C@H](Nc3ccc(Cl)nn3)[C@@H]1CC2. The summed E-state index contributed by atoms with van der Waals surface area (Å²) >= 11 is 5.73. The average molecular weight is 253 g/mol. The van der Waals surface area contributed by atoms with Gasteiger partial charge in [-0.1, -0.05) is 11.6 Å². The van der Waals surface area contributed by atoms with E-state index < -0.39 is 0 Å². The highest BCUT2D eigenvalue weighted by atomic mass is 35.5. The molecule has 2 aliphatic rings. The van der Waals surface area contributed by atoms with Crippen molar-refractivity contribution in [3.63, 3.8) is 0 Å². The summed E-state index contributed by atoms with van der Waals surface area (Å²) in [5, 5.41) is 11.9. The zero-order chi connectivity index (χ0) is 11.8. The van der Waals surface area contributed by atoms with Gasteiger partial charge in [0.15, 0.2) is 5.15 Å². The van der Waals surface area contributed by atoms with Gasteiger partial charge in [0, 0.05) is 18.1 Å². The van der Waals surface area contributed by atoms with Crippen LogP contribution in [-0.2, 0) is 0 Å². The first-order valence-electron chi connectivity index (χ1n) is 6.22. The molecule has 3 rings (SSSR count). The molecule has 2 saturated heterocycles. The van der Waals surface area contributed by atoms with Crippen molar-refractivity contribution >= 4 is 17.4 Å². The van der Waals surface area contributed by atoms with Crippen molar-refractivity contribution in [2.24, 2.45) is 0 Å². The van der Waals surface area contributed by atoms with Gasteiger partial charge < -0.3 is 5.32 Å². The minimum absolute atomic E-state index is 0.442. The number of rotatable bonds is 2. The number of nitrogens with one attached hydrogen (secondary N) is 1. The van der Waals surface area contributed by atoms with Gasteiger partial charge in [-0.25, -0.2) is 0 Å². The predicted molar refractivity (Wildman–Crippen MR) is 68.3 cm³/mol. The van der Waals surface area contributed by atoms with Gasteiger partial charge in [0.25, 0.3) is 0 Å². The Balaban J connectivity index is 1.71. The molecule has 1 N–H and O–H groups in total. The van der Waals surface area contributed by atoms with Crippen LogP contribution in [0.25, 0.3) is 0 Å². The van der Waals surface area contributed by atoms with Crippen LogP contribution < -0.4 is 5.32 Å². The van der Waals surface area contributed by atoms with Crippen molar-refractivity contribution in [3.8, 4) is 0 Å². The first-order valence-corrected chi connectivity index (χ1v) is 6.59. The van der Waals surface area contributed by atoms with Crippen molar-refractivity contribution < 1.29 is 0 Å². The molecule has 17 heavy (non-hydrogen) atoms. The third kappa shape index (κ3) is 2.11. The lowest BCUT2D eigenvalue weighted by Crippen LogP contribution is -2.48. The smallest absolute Gasteiger partial charge is 0.151 e. The number of halogens is 1. The van der Waals surface area contributed by atoms with Crippen LogP contribution in [0.1, 0.15) is 25.7 Å². The van der Waals surface area contributed by atoms with Crippen LogP contribution in [0.3, 0.4) is 0 Å². The Bertz CT molecular complexity index is 394. The fraction of sp³-hybridized carbons (Fsp3) is 0.667. The molecule has 2 fully saturated rings. The summed E-state index contributed by atoms with van der Waals surface area (Å²) in [5.74, 6) is 0.832. The van der Waals surface area contributed by atoms with Gasteiger partial charge in [-0.05, 0) is 44.9 Å². The molecular formula is C12H17ClN4. The number of piperidine rings is 1. The normalized spacial score (nSPS) is 32.7. The number of anilines is 1. The maximum absolute atomic E-state index is 5.73. The molecule has 2 bridgehead atoms. The average Bonchev–Trinajstić information content (AvgIpc) is 2.57. The van der Waals surface area contributed by atoms with Gasteiger partial charge >= 0.3 is 0 Å². The van der Waals surface area contributed by atoms with E-state index in [2.05, 4.69) is 27.5 Å². The Labute approximate surface area is 106 Å². The second kappa shape index (κ2) is 4.42. The second-order valence-corrected chi connectivity index (χ2v) is 5.42. The van der Waals surface area contributed by atoms with E-state index in [9.17, 15) is 0 Å². The molecule has 3 atom stereocenters. The molecule has 0 unspecified atom stereocenters. The monoisotopic (exact) mass is 252 g/mol. The first kappa shape index (κ1) is 11.2. The molecule has 0 aromatic carbocycles. The Morgan fingerprint density at radius 2 is 2.06 bits per heavy atom. The van der Waals surface area contributed by atoms with Crippen LogP contribution in [0.2, 0.25) is 5.15 Å². The van der Waals surface area contributed by atoms with E-state index in [0.29, 0.717) is 17.2 Å². The quantitative estimate of drug-likeness (QED) is 0.876. The lowest BCUT2D eigenvalue weighted by molar-refractivity contribution is 0.165. The molecule has 0 saturated carbocycles. The molecular weight excluding hydrogens is 236 g/mol. The van der Waals surface area contributed by atoms with E-state index in [-0.39, 0.29) is 0 Å².